The molecule has 2 nitrogen and oxygen atoms in total. The van der Waals surface area contributed by atoms with E-state index in [0.29, 0.717) is 0 Å². The van der Waals surface area contributed by atoms with Crippen LogP contribution in [0.25, 0.3) is 0 Å². The Bertz CT molecular complexity index is 284. The average molecular weight is 241 g/mol. The maximum absolute atomic E-state index is 5.84. The molecular weight excluding hydrogens is 220 g/mol. The van der Waals surface area contributed by atoms with Crippen LogP contribution in [0.5, 0.6) is 0 Å². The van der Waals surface area contributed by atoms with Gasteiger partial charge in [-0.25, -0.2) is 0 Å². The largest absolute Gasteiger partial charge is 0.330 e. The molecule has 0 aliphatic carbocycles. The van der Waals surface area contributed by atoms with Crippen LogP contribution in [0.2, 0.25) is 5.02 Å². The molecule has 0 atom stereocenters. The van der Waals surface area contributed by atoms with Crippen molar-refractivity contribution in [3.63, 3.8) is 0 Å². The number of hydrogen-bond acceptors (Lipinski definition) is 2. The summed E-state index contributed by atoms with van der Waals surface area (Å²) in [5.41, 5.74) is 6.77. The molecule has 0 aliphatic rings. The fraction of sp³-hybridized carbons (Fsp3) is 0.538. The van der Waals surface area contributed by atoms with Crippen molar-refractivity contribution < 1.29 is 0 Å². The number of unbranched alkanes of at least 4 members (excludes halogenated alkanes) is 2. The van der Waals surface area contributed by atoms with E-state index in [1.165, 1.54) is 18.4 Å². The number of hydrogen-bond donors (Lipinski definition) is 1. The number of nitrogens with two attached hydrogens (primary N) is 1. The SMILES string of the molecule is CN(CCCCCN)Cc1ccc(Cl)cc1. The third-order valence-electron chi connectivity index (χ3n) is 2.61. The van der Waals surface area contributed by atoms with E-state index in [9.17, 15) is 0 Å². The second-order valence-corrected chi connectivity index (χ2v) is 4.65. The fourth-order valence-corrected chi connectivity index (χ4v) is 1.81. The maximum Gasteiger partial charge on any atom is 0.0406 e. The Labute approximate surface area is 103 Å². The Kier molecular flexibility index (Phi) is 6.46. The normalized spacial score (nSPS) is 11.0. The van der Waals surface area contributed by atoms with E-state index in [2.05, 4.69) is 24.1 Å². The van der Waals surface area contributed by atoms with Crippen molar-refractivity contribution in [2.45, 2.75) is 25.8 Å². The summed E-state index contributed by atoms with van der Waals surface area (Å²) in [6.07, 6.45) is 3.58. The van der Waals surface area contributed by atoms with Crippen molar-refractivity contribution in [1.82, 2.24) is 4.90 Å². The molecule has 1 rings (SSSR count). The van der Waals surface area contributed by atoms with Gasteiger partial charge in [0.1, 0.15) is 0 Å². The van der Waals surface area contributed by atoms with E-state index in [1.807, 2.05) is 12.1 Å². The average Bonchev–Trinajstić information content (AvgIpc) is 2.28. The van der Waals surface area contributed by atoms with Gasteiger partial charge in [-0.05, 0) is 50.7 Å². The smallest absolute Gasteiger partial charge is 0.0406 e. The lowest BCUT2D eigenvalue weighted by Crippen LogP contribution is -2.19. The third kappa shape index (κ3) is 5.50. The lowest BCUT2D eigenvalue weighted by molar-refractivity contribution is 0.317. The molecule has 0 fully saturated rings. The summed E-state index contributed by atoms with van der Waals surface area (Å²) in [4.78, 5) is 2.33. The fourth-order valence-electron chi connectivity index (χ4n) is 1.68. The molecule has 0 heterocycles. The van der Waals surface area contributed by atoms with Crippen LogP contribution in [0.3, 0.4) is 0 Å². The zero-order valence-electron chi connectivity index (χ0n) is 9.95. The predicted octanol–water partition coefficient (Wildman–Crippen LogP) is 2.90. The minimum Gasteiger partial charge on any atom is -0.330 e. The van der Waals surface area contributed by atoms with E-state index >= 15 is 0 Å². The first-order valence-electron chi connectivity index (χ1n) is 5.85. The molecule has 0 unspecified atom stereocenters. The predicted molar refractivity (Wildman–Crippen MR) is 70.7 cm³/mol. The van der Waals surface area contributed by atoms with Crippen LogP contribution in [0, 0.1) is 0 Å². The summed E-state index contributed by atoms with van der Waals surface area (Å²) in [5, 5.41) is 0.800. The van der Waals surface area contributed by atoms with Gasteiger partial charge in [-0.1, -0.05) is 30.2 Å². The summed E-state index contributed by atoms with van der Waals surface area (Å²) in [5.74, 6) is 0. The lowest BCUT2D eigenvalue weighted by atomic mass is 10.2. The van der Waals surface area contributed by atoms with Crippen molar-refractivity contribution >= 4 is 11.6 Å². The second kappa shape index (κ2) is 7.66. The minimum absolute atomic E-state index is 0.800. The van der Waals surface area contributed by atoms with Gasteiger partial charge in [-0.15, -0.1) is 0 Å². The highest BCUT2D eigenvalue weighted by atomic mass is 35.5. The summed E-state index contributed by atoms with van der Waals surface area (Å²) >= 11 is 5.84. The van der Waals surface area contributed by atoms with E-state index in [1.54, 1.807) is 0 Å². The minimum atomic E-state index is 0.800. The highest BCUT2D eigenvalue weighted by molar-refractivity contribution is 6.30. The second-order valence-electron chi connectivity index (χ2n) is 4.21. The van der Waals surface area contributed by atoms with E-state index in [4.69, 9.17) is 17.3 Å². The van der Waals surface area contributed by atoms with Crippen molar-refractivity contribution in [2.75, 3.05) is 20.1 Å². The van der Waals surface area contributed by atoms with Crippen LogP contribution in [0.15, 0.2) is 24.3 Å². The van der Waals surface area contributed by atoms with Gasteiger partial charge in [0.15, 0.2) is 0 Å². The molecule has 0 saturated carbocycles. The van der Waals surface area contributed by atoms with Crippen molar-refractivity contribution in [2.24, 2.45) is 5.73 Å². The molecule has 16 heavy (non-hydrogen) atoms. The maximum atomic E-state index is 5.84. The zero-order valence-corrected chi connectivity index (χ0v) is 10.7. The Hall–Kier alpha value is -0.570. The van der Waals surface area contributed by atoms with Crippen LogP contribution < -0.4 is 5.73 Å². The van der Waals surface area contributed by atoms with E-state index in [0.717, 1.165) is 31.1 Å². The van der Waals surface area contributed by atoms with Gasteiger partial charge in [0, 0.05) is 11.6 Å². The Balaban J connectivity index is 2.23. The molecule has 1 aromatic rings. The standard InChI is InChI=1S/C13H21ClN2/c1-16(10-4-2-3-9-15)11-12-5-7-13(14)8-6-12/h5-8H,2-4,9-11,15H2,1H3. The van der Waals surface area contributed by atoms with Gasteiger partial charge in [0.05, 0.1) is 0 Å². The van der Waals surface area contributed by atoms with Gasteiger partial charge in [0.2, 0.25) is 0 Å². The van der Waals surface area contributed by atoms with Gasteiger partial charge in [-0.2, -0.15) is 0 Å². The van der Waals surface area contributed by atoms with Crippen molar-refractivity contribution in [3.05, 3.63) is 34.9 Å². The Morgan fingerprint density at radius 1 is 1.12 bits per heavy atom. The number of rotatable bonds is 7. The Morgan fingerprint density at radius 2 is 1.81 bits per heavy atom. The quantitative estimate of drug-likeness (QED) is 0.743. The molecule has 0 amide bonds. The first-order valence-corrected chi connectivity index (χ1v) is 6.23. The first-order chi connectivity index (χ1) is 7.72. The van der Waals surface area contributed by atoms with Crippen LogP contribution in [-0.4, -0.2) is 25.0 Å². The van der Waals surface area contributed by atoms with E-state index < -0.39 is 0 Å². The van der Waals surface area contributed by atoms with Crippen LogP contribution >= 0.6 is 11.6 Å². The zero-order chi connectivity index (χ0) is 11.8. The van der Waals surface area contributed by atoms with Crippen LogP contribution in [-0.2, 0) is 6.54 Å². The number of halogens is 1. The number of benzene rings is 1. The molecule has 2 N–H and O–H groups in total. The molecule has 90 valence electrons. The molecule has 0 spiro atoms. The summed E-state index contributed by atoms with van der Waals surface area (Å²) in [7, 11) is 2.15. The molecule has 0 aliphatic heterocycles. The summed E-state index contributed by atoms with van der Waals surface area (Å²) in [6.45, 7) is 2.92. The molecule has 0 aromatic heterocycles. The van der Waals surface area contributed by atoms with Crippen molar-refractivity contribution in [1.29, 1.82) is 0 Å². The Morgan fingerprint density at radius 3 is 2.44 bits per heavy atom. The monoisotopic (exact) mass is 240 g/mol. The highest BCUT2D eigenvalue weighted by Gasteiger charge is 2.00. The molecule has 0 bridgehead atoms. The number of nitrogens with zero attached hydrogens (tertiary/aromatic N) is 1. The van der Waals surface area contributed by atoms with Gasteiger partial charge >= 0.3 is 0 Å². The van der Waals surface area contributed by atoms with E-state index in [-0.39, 0.29) is 0 Å². The van der Waals surface area contributed by atoms with Crippen molar-refractivity contribution in [3.8, 4) is 0 Å². The molecule has 1 aromatic carbocycles. The first kappa shape index (κ1) is 13.5. The van der Waals surface area contributed by atoms with Crippen LogP contribution in [0.4, 0.5) is 0 Å². The molecule has 0 saturated heterocycles. The summed E-state index contributed by atoms with van der Waals surface area (Å²) < 4.78 is 0. The lowest BCUT2D eigenvalue weighted by Gasteiger charge is -2.16. The van der Waals surface area contributed by atoms with Gasteiger partial charge < -0.3 is 10.6 Å². The molecular formula is C13H21ClN2. The van der Waals surface area contributed by atoms with Gasteiger partial charge in [-0.3, -0.25) is 0 Å². The molecule has 0 radical (unpaired) electrons. The molecule has 3 heteroatoms. The van der Waals surface area contributed by atoms with Gasteiger partial charge in [0.25, 0.3) is 0 Å². The topological polar surface area (TPSA) is 29.3 Å². The van der Waals surface area contributed by atoms with Crippen LogP contribution in [0.1, 0.15) is 24.8 Å². The highest BCUT2D eigenvalue weighted by Crippen LogP contribution is 2.11. The third-order valence-corrected chi connectivity index (χ3v) is 2.86. The summed E-state index contributed by atoms with van der Waals surface area (Å²) in [6, 6.07) is 8.05.